The molecule has 200 valence electrons. The highest BCUT2D eigenvalue weighted by Crippen LogP contribution is 2.26. The lowest BCUT2D eigenvalue weighted by atomic mass is 9.94. The molecule has 4 rings (SSSR count). The predicted octanol–water partition coefficient (Wildman–Crippen LogP) is 7.56. The number of carbonyl (C=O) groups is 2. The van der Waals surface area contributed by atoms with Crippen molar-refractivity contribution in [1.82, 2.24) is 10.2 Å². The molecular formula is C31H34Cl2N2O2S. The molecule has 7 heteroatoms. The van der Waals surface area contributed by atoms with Gasteiger partial charge in [0.05, 0.1) is 10.0 Å². The van der Waals surface area contributed by atoms with Crippen LogP contribution in [0.4, 0.5) is 0 Å². The van der Waals surface area contributed by atoms with Crippen LogP contribution >= 0.6 is 35.0 Å². The van der Waals surface area contributed by atoms with Crippen LogP contribution in [-0.2, 0) is 22.6 Å². The summed E-state index contributed by atoms with van der Waals surface area (Å²) in [4.78, 5) is 30.5. The van der Waals surface area contributed by atoms with Gasteiger partial charge in [-0.15, -0.1) is 11.8 Å². The molecule has 1 N–H and O–H groups in total. The third-order valence-electron chi connectivity index (χ3n) is 6.89. The van der Waals surface area contributed by atoms with Crippen LogP contribution in [0.5, 0.6) is 0 Å². The zero-order valence-corrected chi connectivity index (χ0v) is 23.8. The molecule has 1 saturated carbocycles. The van der Waals surface area contributed by atoms with E-state index in [1.165, 1.54) is 6.42 Å². The molecule has 0 bridgehead atoms. The van der Waals surface area contributed by atoms with E-state index in [9.17, 15) is 9.59 Å². The maximum Gasteiger partial charge on any atom is 0.243 e. The average molecular weight is 570 g/mol. The second kappa shape index (κ2) is 14.6. The van der Waals surface area contributed by atoms with Crippen molar-refractivity contribution in [3.63, 3.8) is 0 Å². The van der Waals surface area contributed by atoms with Crippen molar-refractivity contribution < 1.29 is 9.59 Å². The molecule has 38 heavy (non-hydrogen) atoms. The molecule has 0 aliphatic heterocycles. The maximum absolute atomic E-state index is 13.8. The summed E-state index contributed by atoms with van der Waals surface area (Å²) in [5.41, 5.74) is 1.86. The van der Waals surface area contributed by atoms with Gasteiger partial charge in [0, 0.05) is 36.1 Å². The fraction of sp³-hybridized carbons (Fsp3) is 0.355. The quantitative estimate of drug-likeness (QED) is 0.243. The van der Waals surface area contributed by atoms with Crippen LogP contribution in [0, 0.1) is 0 Å². The molecule has 1 atom stereocenters. The maximum atomic E-state index is 13.8. The van der Waals surface area contributed by atoms with Crippen LogP contribution in [-0.4, -0.2) is 34.6 Å². The molecule has 2 amide bonds. The summed E-state index contributed by atoms with van der Waals surface area (Å²) in [6.45, 7) is 0.279. The lowest BCUT2D eigenvalue weighted by Gasteiger charge is -2.33. The molecule has 3 aromatic rings. The normalized spacial score (nSPS) is 14.6. The Hall–Kier alpha value is -2.47. The topological polar surface area (TPSA) is 49.4 Å². The van der Waals surface area contributed by atoms with E-state index in [0.29, 0.717) is 28.6 Å². The first-order valence-electron chi connectivity index (χ1n) is 13.2. The van der Waals surface area contributed by atoms with Gasteiger partial charge in [0.2, 0.25) is 11.8 Å². The van der Waals surface area contributed by atoms with Crippen LogP contribution in [0.25, 0.3) is 0 Å². The largest absolute Gasteiger partial charge is 0.352 e. The Morgan fingerprint density at radius 1 is 0.868 bits per heavy atom. The molecule has 0 aromatic heterocycles. The number of halogens is 2. The van der Waals surface area contributed by atoms with Gasteiger partial charge < -0.3 is 10.2 Å². The van der Waals surface area contributed by atoms with Gasteiger partial charge in [0.25, 0.3) is 0 Å². The van der Waals surface area contributed by atoms with Crippen molar-refractivity contribution >= 4 is 46.8 Å². The highest BCUT2D eigenvalue weighted by atomic mass is 35.5. The van der Waals surface area contributed by atoms with Crippen LogP contribution in [0.2, 0.25) is 10.0 Å². The van der Waals surface area contributed by atoms with Gasteiger partial charge in [-0.2, -0.15) is 0 Å². The Kier molecular flexibility index (Phi) is 11.0. The smallest absolute Gasteiger partial charge is 0.243 e. The van der Waals surface area contributed by atoms with E-state index >= 15 is 0 Å². The van der Waals surface area contributed by atoms with Crippen molar-refractivity contribution in [3.05, 3.63) is 100 Å². The number of hydrogen-bond acceptors (Lipinski definition) is 3. The second-order valence-electron chi connectivity index (χ2n) is 9.73. The van der Waals surface area contributed by atoms with E-state index in [1.807, 2.05) is 66.7 Å². The minimum absolute atomic E-state index is 0.0563. The molecule has 0 saturated heterocycles. The molecular weight excluding hydrogens is 535 g/mol. The summed E-state index contributed by atoms with van der Waals surface area (Å²) < 4.78 is 0. The third-order valence-corrected chi connectivity index (χ3v) is 8.64. The van der Waals surface area contributed by atoms with Crippen molar-refractivity contribution in [2.24, 2.45) is 0 Å². The summed E-state index contributed by atoms with van der Waals surface area (Å²) in [7, 11) is 0. The summed E-state index contributed by atoms with van der Waals surface area (Å²) in [5.74, 6) is 0.479. The van der Waals surface area contributed by atoms with Gasteiger partial charge in [-0.1, -0.05) is 97.1 Å². The summed E-state index contributed by atoms with van der Waals surface area (Å²) >= 11 is 14.1. The van der Waals surface area contributed by atoms with Crippen molar-refractivity contribution in [2.75, 3.05) is 5.75 Å². The number of benzene rings is 3. The molecule has 0 radical (unpaired) electrons. The Balaban J connectivity index is 1.58. The van der Waals surface area contributed by atoms with Crippen molar-refractivity contribution in [3.8, 4) is 0 Å². The summed E-state index contributed by atoms with van der Waals surface area (Å²) in [6.07, 6.45) is 6.19. The van der Waals surface area contributed by atoms with E-state index in [0.717, 1.165) is 41.7 Å². The fourth-order valence-electron chi connectivity index (χ4n) is 4.85. The van der Waals surface area contributed by atoms with E-state index in [1.54, 1.807) is 28.8 Å². The van der Waals surface area contributed by atoms with Crippen molar-refractivity contribution in [1.29, 1.82) is 0 Å². The van der Waals surface area contributed by atoms with E-state index in [2.05, 4.69) is 5.32 Å². The monoisotopic (exact) mass is 568 g/mol. The zero-order valence-electron chi connectivity index (χ0n) is 21.5. The molecule has 1 aliphatic rings. The SMILES string of the molecule is O=C(NC1CCCCC1)C(Cc1ccccc1)N(Cc1ccc(Cl)c(Cl)c1)C(=O)CCSc1ccccc1. The molecule has 4 nitrogen and oxygen atoms in total. The lowest BCUT2D eigenvalue weighted by Crippen LogP contribution is -2.52. The Bertz CT molecular complexity index is 1190. The molecule has 1 aliphatic carbocycles. The first-order chi connectivity index (χ1) is 18.5. The number of nitrogens with zero attached hydrogens (tertiary/aromatic N) is 1. The minimum Gasteiger partial charge on any atom is -0.352 e. The Morgan fingerprint density at radius 2 is 1.55 bits per heavy atom. The lowest BCUT2D eigenvalue weighted by molar-refractivity contribution is -0.141. The fourth-order valence-corrected chi connectivity index (χ4v) is 6.03. The van der Waals surface area contributed by atoms with Gasteiger partial charge in [0.1, 0.15) is 6.04 Å². The van der Waals surface area contributed by atoms with Gasteiger partial charge in [-0.3, -0.25) is 9.59 Å². The summed E-state index contributed by atoms with van der Waals surface area (Å²) in [6, 6.07) is 24.9. The number of carbonyl (C=O) groups excluding carboxylic acids is 2. The molecule has 3 aromatic carbocycles. The summed E-state index contributed by atoms with van der Waals surface area (Å²) in [5, 5.41) is 4.17. The van der Waals surface area contributed by atoms with Crippen LogP contribution in [0.15, 0.2) is 83.8 Å². The Morgan fingerprint density at radius 3 is 2.24 bits per heavy atom. The highest BCUT2D eigenvalue weighted by molar-refractivity contribution is 7.99. The van der Waals surface area contributed by atoms with Gasteiger partial charge >= 0.3 is 0 Å². The molecule has 0 spiro atoms. The van der Waals surface area contributed by atoms with Gasteiger partial charge in [-0.05, 0) is 48.2 Å². The highest BCUT2D eigenvalue weighted by Gasteiger charge is 2.31. The van der Waals surface area contributed by atoms with Crippen LogP contribution in [0.3, 0.4) is 0 Å². The standard InChI is InChI=1S/C31H34Cl2N2O2S/c32-27-17-16-24(20-28(27)33)22-35(30(36)18-19-38-26-14-8-3-9-15-26)29(21-23-10-4-1-5-11-23)31(37)34-25-12-6-2-7-13-25/h1,3-5,8-11,14-17,20,25,29H,2,6-7,12-13,18-19,21-22H2,(H,34,37). The average Bonchev–Trinajstić information content (AvgIpc) is 2.94. The van der Waals surface area contributed by atoms with Gasteiger partial charge in [-0.25, -0.2) is 0 Å². The second-order valence-corrected chi connectivity index (χ2v) is 11.7. The van der Waals surface area contributed by atoms with Gasteiger partial charge in [0.15, 0.2) is 0 Å². The molecule has 0 heterocycles. The van der Waals surface area contributed by atoms with E-state index in [4.69, 9.17) is 23.2 Å². The number of thioether (sulfide) groups is 1. The van der Waals surface area contributed by atoms with E-state index in [-0.39, 0.29) is 24.4 Å². The number of amides is 2. The van der Waals surface area contributed by atoms with E-state index < -0.39 is 6.04 Å². The third kappa shape index (κ3) is 8.52. The van der Waals surface area contributed by atoms with Crippen molar-refractivity contribution in [2.45, 2.75) is 68.5 Å². The minimum atomic E-state index is -0.636. The predicted molar refractivity (Wildman–Crippen MR) is 158 cm³/mol. The zero-order chi connectivity index (χ0) is 26.7. The van der Waals surface area contributed by atoms with Crippen LogP contribution < -0.4 is 5.32 Å². The molecule has 1 fully saturated rings. The number of hydrogen-bond donors (Lipinski definition) is 1. The first kappa shape index (κ1) is 28.5. The van der Waals surface area contributed by atoms with Crippen LogP contribution in [0.1, 0.15) is 49.7 Å². The number of nitrogens with one attached hydrogen (secondary N) is 1. The first-order valence-corrected chi connectivity index (χ1v) is 15.0. The number of rotatable bonds is 11. The Labute approximate surface area is 240 Å². The molecule has 1 unspecified atom stereocenters.